The van der Waals surface area contributed by atoms with E-state index in [1.807, 2.05) is 23.7 Å². The van der Waals surface area contributed by atoms with E-state index < -0.39 is 0 Å². The van der Waals surface area contributed by atoms with Crippen LogP contribution in [0.15, 0.2) is 27.5 Å². The number of rotatable bonds is 4. The first-order valence-electron chi connectivity index (χ1n) is 9.92. The molecular weight excluding hydrogens is 372 g/mol. The summed E-state index contributed by atoms with van der Waals surface area (Å²) in [6.07, 6.45) is 5.29. The van der Waals surface area contributed by atoms with E-state index in [1.54, 1.807) is 6.20 Å². The van der Waals surface area contributed by atoms with Crippen LogP contribution in [0.2, 0.25) is 0 Å². The van der Waals surface area contributed by atoms with Gasteiger partial charge in [-0.1, -0.05) is 0 Å². The maximum atomic E-state index is 12.4. The van der Waals surface area contributed by atoms with Gasteiger partial charge in [0.15, 0.2) is 6.61 Å². The fraction of sp³-hybridized carbons (Fsp3) is 0.381. The summed E-state index contributed by atoms with van der Waals surface area (Å²) in [6, 6.07) is 3.76. The average molecular weight is 394 g/mol. The van der Waals surface area contributed by atoms with Crippen LogP contribution in [0.5, 0.6) is 5.75 Å². The standard InChI is InChI=1S/C21H22N4O4/c1-12-17(7-6-14-13-4-2-5-15(13)21(27)29-19(12)14)28-11-18(26)24-16-10-23-25-9-3-8-22-20(16)25/h6-7,10,22H,2-5,8-9,11H2,1H3,(H,24,26). The Balaban J connectivity index is 1.34. The van der Waals surface area contributed by atoms with Crippen LogP contribution in [0.3, 0.4) is 0 Å². The molecule has 1 aliphatic carbocycles. The number of nitrogens with zero attached hydrogens (tertiary/aromatic N) is 2. The second kappa shape index (κ2) is 6.95. The number of ether oxygens (including phenoxy) is 1. The molecule has 0 saturated carbocycles. The molecule has 1 aromatic carbocycles. The molecule has 2 aliphatic rings. The van der Waals surface area contributed by atoms with Crippen molar-refractivity contribution in [1.82, 2.24) is 9.78 Å². The van der Waals surface area contributed by atoms with E-state index >= 15 is 0 Å². The largest absolute Gasteiger partial charge is 0.483 e. The van der Waals surface area contributed by atoms with Crippen molar-refractivity contribution in [2.45, 2.75) is 39.2 Å². The molecule has 0 fully saturated rings. The van der Waals surface area contributed by atoms with Crippen molar-refractivity contribution in [3.63, 3.8) is 0 Å². The number of benzene rings is 1. The number of hydrogen-bond acceptors (Lipinski definition) is 6. The Kier molecular flexibility index (Phi) is 4.26. The normalized spacial score (nSPS) is 14.9. The Bertz CT molecular complexity index is 1180. The van der Waals surface area contributed by atoms with E-state index in [-0.39, 0.29) is 18.1 Å². The van der Waals surface area contributed by atoms with E-state index in [9.17, 15) is 9.59 Å². The Morgan fingerprint density at radius 1 is 1.31 bits per heavy atom. The first-order chi connectivity index (χ1) is 14.1. The fourth-order valence-electron chi connectivity index (χ4n) is 4.22. The third kappa shape index (κ3) is 3.04. The van der Waals surface area contributed by atoms with Gasteiger partial charge in [-0.15, -0.1) is 0 Å². The third-order valence-electron chi connectivity index (χ3n) is 5.65. The first-order valence-corrected chi connectivity index (χ1v) is 9.92. The van der Waals surface area contributed by atoms with E-state index in [1.165, 1.54) is 0 Å². The minimum Gasteiger partial charge on any atom is -0.483 e. The topological polar surface area (TPSA) is 98.4 Å². The van der Waals surface area contributed by atoms with Crippen LogP contribution in [0, 0.1) is 6.92 Å². The highest BCUT2D eigenvalue weighted by Crippen LogP contribution is 2.33. The lowest BCUT2D eigenvalue weighted by Crippen LogP contribution is -2.22. The Morgan fingerprint density at radius 2 is 2.17 bits per heavy atom. The minimum absolute atomic E-state index is 0.147. The van der Waals surface area contributed by atoms with Crippen molar-refractivity contribution in [1.29, 1.82) is 0 Å². The van der Waals surface area contributed by atoms with E-state index in [0.29, 0.717) is 17.0 Å². The maximum Gasteiger partial charge on any atom is 0.339 e. The summed E-state index contributed by atoms with van der Waals surface area (Å²) >= 11 is 0. The smallest absolute Gasteiger partial charge is 0.339 e. The zero-order valence-corrected chi connectivity index (χ0v) is 16.2. The minimum atomic E-state index is -0.275. The zero-order valence-electron chi connectivity index (χ0n) is 16.2. The molecule has 0 spiro atoms. The van der Waals surface area contributed by atoms with Crippen molar-refractivity contribution in [3.8, 4) is 5.75 Å². The number of carbonyl (C=O) groups is 1. The number of nitrogens with one attached hydrogen (secondary N) is 2. The van der Waals surface area contributed by atoms with Gasteiger partial charge in [0.2, 0.25) is 0 Å². The number of hydrogen-bond donors (Lipinski definition) is 2. The molecule has 0 radical (unpaired) electrons. The van der Waals surface area contributed by atoms with E-state index in [0.717, 1.165) is 66.7 Å². The predicted octanol–water partition coefficient (Wildman–Crippen LogP) is 2.62. The SMILES string of the molecule is Cc1c(OCC(=O)Nc2cnn3c2NCCC3)ccc2c3c(c(=O)oc12)CCC3. The molecule has 3 heterocycles. The molecule has 1 aliphatic heterocycles. The molecular formula is C21H22N4O4. The van der Waals surface area contributed by atoms with Gasteiger partial charge in [-0.25, -0.2) is 9.48 Å². The van der Waals surface area contributed by atoms with Crippen molar-refractivity contribution in [3.05, 3.63) is 45.4 Å². The highest BCUT2D eigenvalue weighted by atomic mass is 16.5. The van der Waals surface area contributed by atoms with Gasteiger partial charge in [0, 0.05) is 29.6 Å². The van der Waals surface area contributed by atoms with E-state index in [2.05, 4.69) is 15.7 Å². The van der Waals surface area contributed by atoms with Gasteiger partial charge in [0.25, 0.3) is 5.91 Å². The summed E-state index contributed by atoms with van der Waals surface area (Å²) in [5.41, 5.74) is 3.54. The lowest BCUT2D eigenvalue weighted by atomic mass is 10.0. The monoisotopic (exact) mass is 394 g/mol. The number of anilines is 2. The molecule has 150 valence electrons. The second-order valence-electron chi connectivity index (χ2n) is 7.51. The first kappa shape index (κ1) is 17.8. The number of fused-ring (bicyclic) bond motifs is 4. The van der Waals surface area contributed by atoms with Crippen molar-refractivity contribution >= 4 is 28.4 Å². The molecule has 3 aromatic rings. The van der Waals surface area contributed by atoms with Crippen LogP contribution in [0.4, 0.5) is 11.5 Å². The molecule has 0 atom stereocenters. The molecule has 5 rings (SSSR count). The summed E-state index contributed by atoms with van der Waals surface area (Å²) in [5, 5.41) is 11.3. The molecule has 0 unspecified atom stereocenters. The van der Waals surface area contributed by atoms with Gasteiger partial charge in [-0.3, -0.25) is 4.79 Å². The summed E-state index contributed by atoms with van der Waals surface area (Å²) in [5.74, 6) is 1.08. The summed E-state index contributed by atoms with van der Waals surface area (Å²) < 4.78 is 13.2. The summed E-state index contributed by atoms with van der Waals surface area (Å²) in [4.78, 5) is 24.6. The molecule has 0 bridgehead atoms. The summed E-state index contributed by atoms with van der Waals surface area (Å²) in [6.45, 7) is 3.39. The van der Waals surface area contributed by atoms with Crippen LogP contribution in [0.1, 0.15) is 29.5 Å². The van der Waals surface area contributed by atoms with Crippen LogP contribution >= 0.6 is 0 Å². The number of aromatic nitrogens is 2. The Morgan fingerprint density at radius 3 is 3.07 bits per heavy atom. The lowest BCUT2D eigenvalue weighted by molar-refractivity contribution is -0.118. The second-order valence-corrected chi connectivity index (χ2v) is 7.51. The van der Waals surface area contributed by atoms with Gasteiger partial charge in [-0.05, 0) is 50.3 Å². The predicted molar refractivity (Wildman–Crippen MR) is 109 cm³/mol. The Hall–Kier alpha value is -3.29. The molecule has 29 heavy (non-hydrogen) atoms. The fourth-order valence-corrected chi connectivity index (χ4v) is 4.22. The van der Waals surface area contributed by atoms with Gasteiger partial charge in [-0.2, -0.15) is 5.10 Å². The lowest BCUT2D eigenvalue weighted by Gasteiger charge is -2.17. The van der Waals surface area contributed by atoms with Crippen LogP contribution in [-0.2, 0) is 24.2 Å². The van der Waals surface area contributed by atoms with Gasteiger partial charge in [0.05, 0.1) is 6.20 Å². The molecule has 8 heteroatoms. The maximum absolute atomic E-state index is 12.4. The zero-order chi connectivity index (χ0) is 20.0. The molecule has 2 N–H and O–H groups in total. The van der Waals surface area contributed by atoms with Crippen LogP contribution in [0.25, 0.3) is 11.0 Å². The molecule has 0 saturated heterocycles. The average Bonchev–Trinajstić information content (AvgIpc) is 3.37. The van der Waals surface area contributed by atoms with E-state index in [4.69, 9.17) is 9.15 Å². The van der Waals surface area contributed by atoms with Gasteiger partial charge < -0.3 is 19.8 Å². The number of carbonyl (C=O) groups excluding carboxylic acids is 1. The molecule has 2 aromatic heterocycles. The quantitative estimate of drug-likeness (QED) is 0.660. The molecule has 1 amide bonds. The van der Waals surface area contributed by atoms with Gasteiger partial charge in [0.1, 0.15) is 22.8 Å². The van der Waals surface area contributed by atoms with Crippen molar-refractivity contribution in [2.75, 3.05) is 23.8 Å². The Labute approximate surface area is 166 Å². The van der Waals surface area contributed by atoms with Crippen molar-refractivity contribution in [2.24, 2.45) is 0 Å². The third-order valence-corrected chi connectivity index (χ3v) is 5.65. The van der Waals surface area contributed by atoms with Crippen LogP contribution < -0.4 is 21.0 Å². The number of aryl methyl sites for hydroxylation is 3. The van der Waals surface area contributed by atoms with Crippen LogP contribution in [-0.4, -0.2) is 28.8 Å². The number of amides is 1. The highest BCUT2D eigenvalue weighted by molar-refractivity contribution is 5.94. The molecule has 8 nitrogen and oxygen atoms in total. The summed E-state index contributed by atoms with van der Waals surface area (Å²) in [7, 11) is 0. The van der Waals surface area contributed by atoms with Gasteiger partial charge >= 0.3 is 5.63 Å². The highest BCUT2D eigenvalue weighted by Gasteiger charge is 2.22. The van der Waals surface area contributed by atoms with Crippen molar-refractivity contribution < 1.29 is 13.9 Å².